The van der Waals surface area contributed by atoms with Crippen LogP contribution in [0, 0.1) is 0 Å². The third-order valence-electron chi connectivity index (χ3n) is 3.80. The van der Waals surface area contributed by atoms with E-state index in [1.54, 1.807) is 25.6 Å². The lowest BCUT2D eigenvalue weighted by Crippen LogP contribution is -2.12. The summed E-state index contributed by atoms with van der Waals surface area (Å²) in [6.45, 7) is 0.449. The van der Waals surface area contributed by atoms with E-state index in [-0.39, 0.29) is 5.56 Å². The summed E-state index contributed by atoms with van der Waals surface area (Å²) in [7, 11) is 1.59. The quantitative estimate of drug-likeness (QED) is 0.579. The number of nitrogens with two attached hydrogens (primary N) is 1. The smallest absolute Gasteiger partial charge is 0.259 e. The van der Waals surface area contributed by atoms with Gasteiger partial charge >= 0.3 is 0 Å². The Morgan fingerprint density at radius 3 is 2.96 bits per heavy atom. The lowest BCUT2D eigenvalue weighted by molar-refractivity contribution is 0.415. The Kier molecular flexibility index (Phi) is 3.69. The highest BCUT2D eigenvalue weighted by Crippen LogP contribution is 2.23. The molecule has 126 valence electrons. The average Bonchev–Trinajstić information content (AvgIpc) is 3.23. The second kappa shape index (κ2) is 6.02. The molecule has 0 bridgehead atoms. The molecule has 0 atom stereocenters. The van der Waals surface area contributed by atoms with Crippen molar-refractivity contribution in [2.24, 2.45) is 0 Å². The topological polar surface area (TPSA) is 112 Å². The molecule has 0 aliphatic heterocycles. The number of aromatic amines is 1. The van der Waals surface area contributed by atoms with Crippen LogP contribution in [0.3, 0.4) is 0 Å². The van der Waals surface area contributed by atoms with Gasteiger partial charge in [-0.1, -0.05) is 11.3 Å². The molecule has 3 N–H and O–H groups in total. The van der Waals surface area contributed by atoms with Gasteiger partial charge < -0.3 is 20.0 Å². The van der Waals surface area contributed by atoms with E-state index in [4.69, 9.17) is 10.5 Å². The number of aromatic nitrogens is 5. The number of nitrogens with one attached hydrogen (secondary N) is 1. The molecule has 9 heteroatoms. The third-order valence-corrected chi connectivity index (χ3v) is 4.53. The van der Waals surface area contributed by atoms with Gasteiger partial charge in [0.25, 0.3) is 5.56 Å². The van der Waals surface area contributed by atoms with Crippen molar-refractivity contribution in [3.8, 4) is 17.1 Å². The Hall–Kier alpha value is -3.20. The summed E-state index contributed by atoms with van der Waals surface area (Å²) < 4.78 is 7.04. The Labute approximate surface area is 145 Å². The number of anilines is 1. The van der Waals surface area contributed by atoms with Gasteiger partial charge in [0.15, 0.2) is 0 Å². The van der Waals surface area contributed by atoms with Crippen LogP contribution in [-0.4, -0.2) is 31.8 Å². The van der Waals surface area contributed by atoms with E-state index in [0.29, 0.717) is 34.3 Å². The number of nitrogens with zero attached hydrogens (tertiary/aromatic N) is 4. The molecule has 0 saturated carbocycles. The fourth-order valence-electron chi connectivity index (χ4n) is 2.63. The molecule has 1 aromatic carbocycles. The maximum absolute atomic E-state index is 12.5. The van der Waals surface area contributed by atoms with E-state index in [0.717, 1.165) is 10.4 Å². The fourth-order valence-corrected chi connectivity index (χ4v) is 3.24. The number of benzene rings is 1. The lowest BCUT2D eigenvalue weighted by Gasteiger charge is -2.07. The second-order valence-corrected chi connectivity index (χ2v) is 6.47. The molecule has 4 rings (SSSR count). The van der Waals surface area contributed by atoms with Crippen molar-refractivity contribution in [1.29, 1.82) is 0 Å². The lowest BCUT2D eigenvalue weighted by atomic mass is 10.1. The molecule has 8 nitrogen and oxygen atoms in total. The normalized spacial score (nSPS) is 11.1. The molecule has 0 amide bonds. The van der Waals surface area contributed by atoms with Gasteiger partial charge in [-0.3, -0.25) is 4.79 Å². The largest absolute Gasteiger partial charge is 0.497 e. The molecule has 3 aromatic heterocycles. The van der Waals surface area contributed by atoms with Gasteiger partial charge in [-0.2, -0.15) is 0 Å². The number of methoxy groups -OCH3 is 1. The fraction of sp³-hybridized carbons (Fsp3) is 0.125. The van der Waals surface area contributed by atoms with E-state index < -0.39 is 0 Å². The van der Waals surface area contributed by atoms with Crippen LogP contribution in [-0.2, 0) is 6.54 Å². The van der Waals surface area contributed by atoms with Gasteiger partial charge in [-0.15, -0.1) is 10.2 Å². The van der Waals surface area contributed by atoms with Crippen molar-refractivity contribution >= 4 is 27.4 Å². The predicted molar refractivity (Wildman–Crippen MR) is 95.8 cm³/mol. The van der Waals surface area contributed by atoms with Crippen LogP contribution in [0.5, 0.6) is 5.75 Å². The summed E-state index contributed by atoms with van der Waals surface area (Å²) >= 11 is 1.31. The average molecular weight is 354 g/mol. The third kappa shape index (κ3) is 2.85. The second-order valence-electron chi connectivity index (χ2n) is 5.38. The highest BCUT2D eigenvalue weighted by Gasteiger charge is 2.13. The summed E-state index contributed by atoms with van der Waals surface area (Å²) in [6, 6.07) is 7.35. The maximum Gasteiger partial charge on any atom is 0.259 e. The van der Waals surface area contributed by atoms with Crippen LogP contribution >= 0.6 is 11.3 Å². The molecule has 0 unspecified atom stereocenters. The molecule has 0 aliphatic rings. The first kappa shape index (κ1) is 15.3. The van der Waals surface area contributed by atoms with Crippen LogP contribution in [0.15, 0.2) is 41.5 Å². The molecule has 3 heterocycles. The summed E-state index contributed by atoms with van der Waals surface area (Å²) in [5.74, 6) is 1.25. The first-order chi connectivity index (χ1) is 12.1. The molecule has 0 aliphatic carbocycles. The van der Waals surface area contributed by atoms with E-state index in [2.05, 4.69) is 20.2 Å². The van der Waals surface area contributed by atoms with E-state index >= 15 is 0 Å². The number of hydrogen-bond donors (Lipinski definition) is 2. The minimum absolute atomic E-state index is 0.218. The van der Waals surface area contributed by atoms with Crippen LogP contribution in [0.1, 0.15) is 5.01 Å². The Morgan fingerprint density at radius 1 is 1.32 bits per heavy atom. The van der Waals surface area contributed by atoms with Gasteiger partial charge in [-0.05, 0) is 23.6 Å². The summed E-state index contributed by atoms with van der Waals surface area (Å²) in [6.07, 6.45) is 3.45. The molecule has 25 heavy (non-hydrogen) atoms. The number of nitrogen functional groups attached to an aromatic ring is 1. The van der Waals surface area contributed by atoms with Crippen molar-refractivity contribution in [2.45, 2.75) is 6.54 Å². The summed E-state index contributed by atoms with van der Waals surface area (Å²) in [5, 5.41) is 9.87. The summed E-state index contributed by atoms with van der Waals surface area (Å²) in [5.41, 5.74) is 6.60. The number of hydrogen-bond acceptors (Lipinski definition) is 7. The van der Waals surface area contributed by atoms with Crippen molar-refractivity contribution < 1.29 is 4.74 Å². The number of rotatable bonds is 4. The van der Waals surface area contributed by atoms with Crippen molar-refractivity contribution in [2.75, 3.05) is 12.8 Å². The molecule has 4 aromatic rings. The number of H-pyrrole nitrogens is 1. The van der Waals surface area contributed by atoms with E-state index in [1.165, 1.54) is 11.3 Å². The molecule has 0 radical (unpaired) electrons. The number of ether oxygens (including phenoxy) is 1. The number of fused-ring (bicyclic) bond motifs is 1. The van der Waals surface area contributed by atoms with Gasteiger partial charge in [0.1, 0.15) is 16.6 Å². The molecule has 0 fully saturated rings. The molecular weight excluding hydrogens is 340 g/mol. The van der Waals surface area contributed by atoms with Crippen LogP contribution in [0.2, 0.25) is 0 Å². The first-order valence-electron chi connectivity index (χ1n) is 7.44. The highest BCUT2D eigenvalue weighted by molar-refractivity contribution is 7.15. The predicted octanol–water partition coefficient (Wildman–Crippen LogP) is 1.88. The van der Waals surface area contributed by atoms with Gasteiger partial charge in [0.2, 0.25) is 5.13 Å². The SMILES string of the molecule is COc1ccc2cc(-c3nccn3Cc3nnc(N)s3)c(=O)[nH]c2c1. The Bertz CT molecular complexity index is 1110. The van der Waals surface area contributed by atoms with Crippen molar-refractivity contribution in [3.05, 3.63) is 52.0 Å². The summed E-state index contributed by atoms with van der Waals surface area (Å²) in [4.78, 5) is 19.8. The molecule has 0 saturated heterocycles. The highest BCUT2D eigenvalue weighted by atomic mass is 32.1. The first-order valence-corrected chi connectivity index (χ1v) is 8.26. The van der Waals surface area contributed by atoms with Gasteiger partial charge in [-0.25, -0.2) is 4.98 Å². The van der Waals surface area contributed by atoms with Crippen LogP contribution in [0.25, 0.3) is 22.3 Å². The van der Waals surface area contributed by atoms with Gasteiger partial charge in [0.05, 0.1) is 24.7 Å². The van der Waals surface area contributed by atoms with E-state index in [1.807, 2.05) is 22.8 Å². The van der Waals surface area contributed by atoms with Crippen LogP contribution in [0.4, 0.5) is 5.13 Å². The Morgan fingerprint density at radius 2 is 2.20 bits per heavy atom. The minimum atomic E-state index is -0.218. The van der Waals surface area contributed by atoms with E-state index in [9.17, 15) is 4.79 Å². The zero-order chi connectivity index (χ0) is 17.4. The number of imidazole rings is 1. The van der Waals surface area contributed by atoms with Crippen molar-refractivity contribution in [1.82, 2.24) is 24.7 Å². The number of pyridine rings is 1. The van der Waals surface area contributed by atoms with Crippen LogP contribution < -0.4 is 16.0 Å². The molecule has 0 spiro atoms. The zero-order valence-electron chi connectivity index (χ0n) is 13.3. The van der Waals surface area contributed by atoms with Gasteiger partial charge in [0, 0.05) is 18.5 Å². The maximum atomic E-state index is 12.5. The Balaban J connectivity index is 1.78. The zero-order valence-corrected chi connectivity index (χ0v) is 14.1. The molecular formula is C16H14N6O2S. The monoisotopic (exact) mass is 354 g/mol. The minimum Gasteiger partial charge on any atom is -0.497 e. The van der Waals surface area contributed by atoms with Crippen molar-refractivity contribution in [3.63, 3.8) is 0 Å². The standard InChI is InChI=1S/C16H14N6O2S/c1-24-10-3-2-9-6-11(15(23)19-12(9)7-10)14-18-4-5-22(14)8-13-20-21-16(17)25-13/h2-7H,8H2,1H3,(H2,17,21)(H,19,23).